The third kappa shape index (κ3) is 4.08. The van der Waals surface area contributed by atoms with Gasteiger partial charge in [0.15, 0.2) is 5.82 Å². The molecule has 0 atom stereocenters. The van der Waals surface area contributed by atoms with Gasteiger partial charge in [0, 0.05) is 25.3 Å². The molecule has 8 heteroatoms. The van der Waals surface area contributed by atoms with Crippen LogP contribution in [0.4, 0.5) is 30.8 Å². The minimum atomic E-state index is -4.38. The molecule has 1 aromatic heterocycles. The molecule has 0 saturated carbocycles. The molecule has 3 rings (SSSR count). The summed E-state index contributed by atoms with van der Waals surface area (Å²) in [6, 6.07) is 14.1. The second kappa shape index (κ2) is 6.99. The fourth-order valence-electron chi connectivity index (χ4n) is 2.21. The Labute approximate surface area is 148 Å². The molecule has 0 aliphatic carbocycles. The molecule has 1 heterocycles. The number of benzene rings is 2. The van der Waals surface area contributed by atoms with Gasteiger partial charge in [-0.2, -0.15) is 28.1 Å². The van der Waals surface area contributed by atoms with Crippen molar-refractivity contribution in [2.24, 2.45) is 0 Å². The zero-order valence-electron chi connectivity index (χ0n) is 14.1. The molecular weight excluding hydrogens is 343 g/mol. The van der Waals surface area contributed by atoms with Crippen molar-refractivity contribution in [3.05, 3.63) is 60.2 Å². The first-order chi connectivity index (χ1) is 12.3. The highest BCUT2D eigenvalue weighted by Crippen LogP contribution is 2.30. The van der Waals surface area contributed by atoms with Crippen LogP contribution in [0, 0.1) is 0 Å². The lowest BCUT2D eigenvalue weighted by Crippen LogP contribution is -2.15. The summed E-state index contributed by atoms with van der Waals surface area (Å²) in [4.78, 5) is 14.7. The van der Waals surface area contributed by atoms with E-state index in [1.165, 1.54) is 12.1 Å². The van der Waals surface area contributed by atoms with Crippen LogP contribution in [0.25, 0.3) is 11.4 Å². The van der Waals surface area contributed by atoms with E-state index in [0.717, 1.165) is 17.8 Å². The average Bonchev–Trinajstić information content (AvgIpc) is 2.61. The Morgan fingerprint density at radius 3 is 2.08 bits per heavy atom. The topological polar surface area (TPSA) is 53.9 Å². The van der Waals surface area contributed by atoms with Crippen LogP contribution in [0.1, 0.15) is 5.56 Å². The molecule has 2 aromatic carbocycles. The lowest BCUT2D eigenvalue weighted by molar-refractivity contribution is -0.137. The Balaban J connectivity index is 1.98. The summed E-state index contributed by atoms with van der Waals surface area (Å²) in [5.74, 6) is 0.994. The number of anilines is 3. The van der Waals surface area contributed by atoms with E-state index in [-0.39, 0.29) is 5.82 Å². The number of halogens is 3. The maximum Gasteiger partial charge on any atom is 0.416 e. The zero-order valence-corrected chi connectivity index (χ0v) is 14.1. The summed E-state index contributed by atoms with van der Waals surface area (Å²) in [6.07, 6.45) is -4.38. The molecule has 3 aromatic rings. The van der Waals surface area contributed by atoms with Gasteiger partial charge in [0.25, 0.3) is 0 Å². The second-order valence-corrected chi connectivity index (χ2v) is 5.74. The third-order valence-corrected chi connectivity index (χ3v) is 3.52. The van der Waals surface area contributed by atoms with E-state index in [2.05, 4.69) is 20.3 Å². The van der Waals surface area contributed by atoms with Crippen LogP contribution >= 0.6 is 0 Å². The number of hydrogen-bond donors (Lipinski definition) is 1. The molecule has 0 unspecified atom stereocenters. The van der Waals surface area contributed by atoms with Gasteiger partial charge in [-0.1, -0.05) is 30.3 Å². The van der Waals surface area contributed by atoms with Gasteiger partial charge in [-0.15, -0.1) is 0 Å². The molecule has 0 radical (unpaired) electrons. The number of alkyl halides is 3. The van der Waals surface area contributed by atoms with E-state index < -0.39 is 11.7 Å². The number of nitrogens with zero attached hydrogens (tertiary/aromatic N) is 4. The first-order valence-corrected chi connectivity index (χ1v) is 7.76. The average molecular weight is 359 g/mol. The predicted octanol–water partition coefficient (Wildman–Crippen LogP) is 4.37. The summed E-state index contributed by atoms with van der Waals surface area (Å²) in [5, 5.41) is 3.08. The molecule has 0 saturated heterocycles. The molecular formula is C18H16F3N5. The third-order valence-electron chi connectivity index (χ3n) is 3.52. The number of para-hydroxylation sites is 1. The van der Waals surface area contributed by atoms with Crippen molar-refractivity contribution in [3.63, 3.8) is 0 Å². The van der Waals surface area contributed by atoms with Crippen LogP contribution in [-0.2, 0) is 6.18 Å². The number of hydrogen-bond acceptors (Lipinski definition) is 5. The van der Waals surface area contributed by atoms with Crippen molar-refractivity contribution in [1.82, 2.24) is 15.0 Å². The van der Waals surface area contributed by atoms with Crippen molar-refractivity contribution in [1.29, 1.82) is 0 Å². The van der Waals surface area contributed by atoms with Crippen molar-refractivity contribution >= 4 is 17.6 Å². The van der Waals surface area contributed by atoms with E-state index in [1.54, 1.807) is 19.0 Å². The molecule has 0 spiro atoms. The van der Waals surface area contributed by atoms with E-state index in [0.29, 0.717) is 17.5 Å². The Morgan fingerprint density at radius 2 is 1.50 bits per heavy atom. The number of nitrogens with one attached hydrogen (secondary N) is 1. The predicted molar refractivity (Wildman–Crippen MR) is 94.3 cm³/mol. The van der Waals surface area contributed by atoms with Gasteiger partial charge in [0.2, 0.25) is 11.9 Å². The van der Waals surface area contributed by atoms with Gasteiger partial charge >= 0.3 is 6.18 Å². The molecule has 5 nitrogen and oxygen atoms in total. The van der Waals surface area contributed by atoms with Gasteiger partial charge in [0.05, 0.1) is 5.56 Å². The van der Waals surface area contributed by atoms with Crippen molar-refractivity contribution in [2.45, 2.75) is 6.18 Å². The summed E-state index contributed by atoms with van der Waals surface area (Å²) in [5.41, 5.74) is 0.548. The molecule has 0 amide bonds. The minimum absolute atomic E-state index is 0.288. The number of aromatic nitrogens is 3. The highest BCUT2D eigenvalue weighted by atomic mass is 19.4. The fourth-order valence-corrected chi connectivity index (χ4v) is 2.21. The molecule has 0 aliphatic rings. The first-order valence-electron chi connectivity index (χ1n) is 7.76. The highest BCUT2D eigenvalue weighted by Gasteiger charge is 2.30. The maximum absolute atomic E-state index is 12.7. The van der Waals surface area contributed by atoms with Gasteiger partial charge in [0.1, 0.15) is 0 Å². The van der Waals surface area contributed by atoms with Crippen LogP contribution in [0.15, 0.2) is 54.6 Å². The molecule has 0 bridgehead atoms. The van der Waals surface area contributed by atoms with Crippen LogP contribution < -0.4 is 10.2 Å². The standard InChI is InChI=1S/C18H16F3N5/c1-26(2)17-24-15(12-8-10-13(11-9-12)18(19,20)21)23-16(25-17)22-14-6-4-3-5-7-14/h3-11H,1-2H3,(H,22,23,24,25). The Kier molecular flexibility index (Phi) is 4.75. The first kappa shape index (κ1) is 17.7. The molecule has 134 valence electrons. The van der Waals surface area contributed by atoms with Gasteiger partial charge < -0.3 is 10.2 Å². The van der Waals surface area contributed by atoms with Crippen LogP contribution in [0.5, 0.6) is 0 Å². The van der Waals surface area contributed by atoms with Crippen LogP contribution in [0.2, 0.25) is 0 Å². The molecule has 0 aliphatic heterocycles. The molecule has 0 fully saturated rings. The summed E-state index contributed by atoms with van der Waals surface area (Å²) in [7, 11) is 3.55. The second-order valence-electron chi connectivity index (χ2n) is 5.74. The molecule has 26 heavy (non-hydrogen) atoms. The minimum Gasteiger partial charge on any atom is -0.347 e. The maximum atomic E-state index is 12.7. The molecule has 1 N–H and O–H groups in total. The Morgan fingerprint density at radius 1 is 0.846 bits per heavy atom. The van der Waals surface area contributed by atoms with Crippen molar-refractivity contribution < 1.29 is 13.2 Å². The fraction of sp³-hybridized carbons (Fsp3) is 0.167. The van der Waals surface area contributed by atoms with Gasteiger partial charge in [-0.05, 0) is 24.3 Å². The highest BCUT2D eigenvalue weighted by molar-refractivity contribution is 5.61. The quantitative estimate of drug-likeness (QED) is 0.750. The van der Waals surface area contributed by atoms with E-state index in [9.17, 15) is 13.2 Å². The van der Waals surface area contributed by atoms with Gasteiger partial charge in [-0.25, -0.2) is 0 Å². The number of rotatable bonds is 4. The van der Waals surface area contributed by atoms with Gasteiger partial charge in [-0.3, -0.25) is 0 Å². The summed E-state index contributed by atoms with van der Waals surface area (Å²) in [6.45, 7) is 0. The van der Waals surface area contributed by atoms with Crippen molar-refractivity contribution in [3.8, 4) is 11.4 Å². The SMILES string of the molecule is CN(C)c1nc(Nc2ccccc2)nc(-c2ccc(C(F)(F)F)cc2)n1. The Bertz CT molecular complexity index is 878. The monoisotopic (exact) mass is 359 g/mol. The lowest BCUT2D eigenvalue weighted by atomic mass is 10.1. The summed E-state index contributed by atoms with van der Waals surface area (Å²) >= 11 is 0. The van der Waals surface area contributed by atoms with Crippen LogP contribution in [-0.4, -0.2) is 29.0 Å². The normalized spacial score (nSPS) is 11.3. The largest absolute Gasteiger partial charge is 0.416 e. The summed E-state index contributed by atoms with van der Waals surface area (Å²) < 4.78 is 38.2. The van der Waals surface area contributed by atoms with E-state index >= 15 is 0 Å². The lowest BCUT2D eigenvalue weighted by Gasteiger charge is -2.14. The van der Waals surface area contributed by atoms with Crippen LogP contribution in [0.3, 0.4) is 0 Å². The van der Waals surface area contributed by atoms with E-state index in [4.69, 9.17) is 0 Å². The smallest absolute Gasteiger partial charge is 0.347 e. The zero-order chi connectivity index (χ0) is 18.7. The van der Waals surface area contributed by atoms with E-state index in [1.807, 2.05) is 30.3 Å². The van der Waals surface area contributed by atoms with Crippen molar-refractivity contribution in [2.75, 3.05) is 24.3 Å². The Hall–Kier alpha value is -3.16.